The summed E-state index contributed by atoms with van der Waals surface area (Å²) in [6.07, 6.45) is 4.68. The molecule has 17 heavy (non-hydrogen) atoms. The van der Waals surface area contributed by atoms with E-state index in [1.807, 2.05) is 30.5 Å². The molecule has 4 heteroatoms. The maximum Gasteiger partial charge on any atom is 0.0876 e. The number of nitrogens with two attached hydrogens (primary N) is 1. The van der Waals surface area contributed by atoms with Crippen LogP contribution >= 0.6 is 11.6 Å². The molecule has 0 saturated carbocycles. The molecule has 0 amide bonds. The van der Waals surface area contributed by atoms with Gasteiger partial charge >= 0.3 is 0 Å². The predicted octanol–water partition coefficient (Wildman–Crippen LogP) is 2.41. The fourth-order valence-corrected chi connectivity index (χ4v) is 2.23. The van der Waals surface area contributed by atoms with Gasteiger partial charge in [-0.25, -0.2) is 0 Å². The highest BCUT2D eigenvalue weighted by atomic mass is 35.5. The largest absolute Gasteiger partial charge is 0.501 e. The molecule has 1 aromatic carbocycles. The zero-order chi connectivity index (χ0) is 12.1. The monoisotopic (exact) mass is 252 g/mol. The van der Waals surface area contributed by atoms with Crippen molar-refractivity contribution in [1.82, 2.24) is 5.43 Å². The summed E-state index contributed by atoms with van der Waals surface area (Å²) in [5, 5.41) is 0.782. The Kier molecular flexibility index (Phi) is 4.42. The lowest BCUT2D eigenvalue weighted by Crippen LogP contribution is -2.39. The lowest BCUT2D eigenvalue weighted by atomic mass is 9.96. The summed E-state index contributed by atoms with van der Waals surface area (Å²) in [6.45, 7) is 0.798. The van der Waals surface area contributed by atoms with Gasteiger partial charge in [-0.1, -0.05) is 29.8 Å². The van der Waals surface area contributed by atoms with Crippen LogP contribution in [0.4, 0.5) is 0 Å². The summed E-state index contributed by atoms with van der Waals surface area (Å²) in [7, 11) is 0. The van der Waals surface area contributed by atoms with Crippen LogP contribution < -0.4 is 11.3 Å². The first kappa shape index (κ1) is 12.4. The van der Waals surface area contributed by atoms with Crippen LogP contribution in [0.3, 0.4) is 0 Å². The van der Waals surface area contributed by atoms with E-state index >= 15 is 0 Å². The van der Waals surface area contributed by atoms with Crippen molar-refractivity contribution in [3.63, 3.8) is 0 Å². The first-order chi connectivity index (χ1) is 8.31. The van der Waals surface area contributed by atoms with Crippen molar-refractivity contribution in [2.75, 3.05) is 6.61 Å². The Morgan fingerprint density at radius 2 is 2.24 bits per heavy atom. The van der Waals surface area contributed by atoms with E-state index in [0.29, 0.717) is 0 Å². The van der Waals surface area contributed by atoms with Crippen molar-refractivity contribution in [2.45, 2.75) is 25.3 Å². The number of hydrogen-bond acceptors (Lipinski definition) is 3. The highest BCUT2D eigenvalue weighted by Gasteiger charge is 2.17. The number of benzene rings is 1. The molecule has 0 fully saturated rings. The number of hydrazine groups is 1. The van der Waals surface area contributed by atoms with Crippen molar-refractivity contribution >= 4 is 11.6 Å². The molecule has 1 aliphatic rings. The van der Waals surface area contributed by atoms with Crippen molar-refractivity contribution in [3.8, 4) is 0 Å². The zero-order valence-corrected chi connectivity index (χ0v) is 10.4. The van der Waals surface area contributed by atoms with Gasteiger partial charge in [-0.05, 0) is 36.5 Å². The molecule has 0 aliphatic carbocycles. The minimum atomic E-state index is 0.0928. The molecule has 3 nitrogen and oxygen atoms in total. The average Bonchev–Trinajstić information content (AvgIpc) is 2.39. The van der Waals surface area contributed by atoms with Crippen LogP contribution in [0, 0.1) is 0 Å². The van der Waals surface area contributed by atoms with Crippen molar-refractivity contribution in [1.29, 1.82) is 0 Å². The van der Waals surface area contributed by atoms with Crippen LogP contribution in [0.25, 0.3) is 0 Å². The lowest BCUT2D eigenvalue weighted by Gasteiger charge is -2.23. The summed E-state index contributed by atoms with van der Waals surface area (Å²) in [5.41, 5.74) is 5.15. The minimum absolute atomic E-state index is 0.0928. The second-order valence-electron chi connectivity index (χ2n) is 4.18. The topological polar surface area (TPSA) is 47.3 Å². The fraction of sp³-hybridized carbons (Fsp3) is 0.385. The predicted molar refractivity (Wildman–Crippen MR) is 69.5 cm³/mol. The highest BCUT2D eigenvalue weighted by molar-refractivity contribution is 6.31. The van der Waals surface area contributed by atoms with Gasteiger partial charge in [0.05, 0.1) is 12.9 Å². The highest BCUT2D eigenvalue weighted by Crippen LogP contribution is 2.22. The molecule has 1 aliphatic heterocycles. The van der Waals surface area contributed by atoms with Gasteiger partial charge in [0, 0.05) is 11.1 Å². The molecule has 1 atom stereocenters. The first-order valence-corrected chi connectivity index (χ1v) is 6.19. The standard InChI is InChI=1S/C13H17ClN2O/c14-12-6-2-1-4-10(12)8-13(16-15)11-5-3-7-17-9-11/h1-2,4,6,9,13,16H,3,5,7-8,15H2. The number of rotatable bonds is 4. The summed E-state index contributed by atoms with van der Waals surface area (Å²) in [4.78, 5) is 0. The molecule has 0 radical (unpaired) electrons. The summed E-state index contributed by atoms with van der Waals surface area (Å²) >= 11 is 6.14. The van der Waals surface area contributed by atoms with Crippen LogP contribution in [0.1, 0.15) is 18.4 Å². The van der Waals surface area contributed by atoms with Gasteiger partial charge < -0.3 is 4.74 Å². The van der Waals surface area contributed by atoms with Gasteiger partial charge in [0.15, 0.2) is 0 Å². The Balaban J connectivity index is 2.09. The van der Waals surface area contributed by atoms with E-state index in [-0.39, 0.29) is 6.04 Å². The maximum atomic E-state index is 6.14. The molecule has 3 N–H and O–H groups in total. The summed E-state index contributed by atoms with van der Waals surface area (Å²) < 4.78 is 5.34. The second kappa shape index (κ2) is 6.05. The molecule has 92 valence electrons. The van der Waals surface area contributed by atoms with Gasteiger partial charge in [0.1, 0.15) is 0 Å². The number of hydrogen-bond donors (Lipinski definition) is 2. The van der Waals surface area contributed by atoms with E-state index in [4.69, 9.17) is 22.2 Å². The van der Waals surface area contributed by atoms with Crippen LogP contribution in [0.5, 0.6) is 0 Å². The first-order valence-electron chi connectivity index (χ1n) is 5.81. The molecule has 0 saturated heterocycles. The maximum absolute atomic E-state index is 6.14. The summed E-state index contributed by atoms with van der Waals surface area (Å²) in [5.74, 6) is 5.61. The van der Waals surface area contributed by atoms with Crippen molar-refractivity contribution < 1.29 is 4.74 Å². The molecule has 2 rings (SSSR count). The number of halogens is 1. The Hall–Kier alpha value is -1.03. The molecule has 0 spiro atoms. The summed E-state index contributed by atoms with van der Waals surface area (Å²) in [6, 6.07) is 7.93. The van der Waals surface area contributed by atoms with Crippen molar-refractivity contribution in [3.05, 3.63) is 46.7 Å². The van der Waals surface area contributed by atoms with Crippen LogP contribution in [0.2, 0.25) is 5.02 Å². The van der Waals surface area contributed by atoms with Gasteiger partial charge in [0.25, 0.3) is 0 Å². The van der Waals surface area contributed by atoms with Gasteiger partial charge in [0.2, 0.25) is 0 Å². The molecule has 0 bridgehead atoms. The van der Waals surface area contributed by atoms with E-state index in [1.54, 1.807) is 0 Å². The van der Waals surface area contributed by atoms with Gasteiger partial charge in [-0.2, -0.15) is 0 Å². The Morgan fingerprint density at radius 3 is 2.88 bits per heavy atom. The van der Waals surface area contributed by atoms with Crippen LogP contribution in [0.15, 0.2) is 36.1 Å². The molecule has 1 unspecified atom stereocenters. The van der Waals surface area contributed by atoms with Gasteiger partial charge in [-0.3, -0.25) is 11.3 Å². The normalized spacial score (nSPS) is 17.2. The Morgan fingerprint density at radius 1 is 1.41 bits per heavy atom. The SMILES string of the molecule is NNC(Cc1ccccc1Cl)C1=COCCC1. The number of ether oxygens (including phenoxy) is 1. The third-order valence-electron chi connectivity index (χ3n) is 2.99. The Bertz CT molecular complexity index is 406. The second-order valence-corrected chi connectivity index (χ2v) is 4.59. The van der Waals surface area contributed by atoms with Crippen LogP contribution in [-0.4, -0.2) is 12.6 Å². The molecule has 1 heterocycles. The van der Waals surface area contributed by atoms with Gasteiger partial charge in [-0.15, -0.1) is 0 Å². The van der Waals surface area contributed by atoms with Crippen LogP contribution in [-0.2, 0) is 11.2 Å². The Labute approximate surface area is 107 Å². The minimum Gasteiger partial charge on any atom is -0.501 e. The zero-order valence-electron chi connectivity index (χ0n) is 9.66. The number of nitrogens with one attached hydrogen (secondary N) is 1. The fourth-order valence-electron chi connectivity index (χ4n) is 2.02. The molecule has 0 aromatic heterocycles. The van der Waals surface area contributed by atoms with E-state index in [0.717, 1.165) is 36.5 Å². The van der Waals surface area contributed by atoms with E-state index < -0.39 is 0 Å². The van der Waals surface area contributed by atoms with Crippen molar-refractivity contribution in [2.24, 2.45) is 5.84 Å². The molecule has 1 aromatic rings. The van der Waals surface area contributed by atoms with E-state index in [9.17, 15) is 0 Å². The third-order valence-corrected chi connectivity index (χ3v) is 3.36. The van der Waals surface area contributed by atoms with E-state index in [1.165, 1.54) is 5.57 Å². The molecular weight excluding hydrogens is 236 g/mol. The third kappa shape index (κ3) is 3.22. The van der Waals surface area contributed by atoms with E-state index in [2.05, 4.69) is 5.43 Å². The average molecular weight is 253 g/mol. The lowest BCUT2D eigenvalue weighted by molar-refractivity contribution is 0.219. The molecular formula is C13H17ClN2O. The quantitative estimate of drug-likeness (QED) is 0.639. The smallest absolute Gasteiger partial charge is 0.0876 e.